The van der Waals surface area contributed by atoms with Crippen molar-refractivity contribution in [2.75, 3.05) is 38.4 Å². The van der Waals surface area contributed by atoms with Crippen molar-refractivity contribution >= 4 is 22.6 Å². The van der Waals surface area contributed by atoms with Gasteiger partial charge in [-0.1, -0.05) is 0 Å². The van der Waals surface area contributed by atoms with Crippen LogP contribution in [0, 0.1) is 0 Å². The van der Waals surface area contributed by atoms with Gasteiger partial charge in [0.15, 0.2) is 0 Å². The fourth-order valence-corrected chi connectivity index (χ4v) is 2.64. The molecular weight excluding hydrogens is 278 g/mol. The summed E-state index contributed by atoms with van der Waals surface area (Å²) in [7, 11) is 1.66. The SMILES string of the molecule is COc1ccc2c(c1)nc(C(C)Cl)n2N1CCOCC1. The Balaban J connectivity index is 2.13. The number of hydrogen-bond donors (Lipinski definition) is 0. The van der Waals surface area contributed by atoms with Gasteiger partial charge in [-0.2, -0.15) is 0 Å². The van der Waals surface area contributed by atoms with Crippen molar-refractivity contribution in [1.29, 1.82) is 0 Å². The molecule has 1 aromatic carbocycles. The maximum atomic E-state index is 6.30. The fraction of sp³-hybridized carbons (Fsp3) is 0.500. The van der Waals surface area contributed by atoms with E-state index in [1.165, 1.54) is 0 Å². The van der Waals surface area contributed by atoms with Crippen molar-refractivity contribution in [1.82, 2.24) is 9.66 Å². The smallest absolute Gasteiger partial charge is 0.146 e. The molecule has 2 heterocycles. The summed E-state index contributed by atoms with van der Waals surface area (Å²) in [6.07, 6.45) is 0. The lowest BCUT2D eigenvalue weighted by molar-refractivity contribution is 0.111. The highest BCUT2D eigenvalue weighted by Crippen LogP contribution is 2.27. The van der Waals surface area contributed by atoms with E-state index in [1.54, 1.807) is 7.11 Å². The molecule has 0 saturated carbocycles. The quantitative estimate of drug-likeness (QED) is 0.815. The molecule has 0 radical (unpaired) electrons. The molecule has 1 aliphatic rings. The van der Waals surface area contributed by atoms with Gasteiger partial charge >= 0.3 is 0 Å². The van der Waals surface area contributed by atoms with Gasteiger partial charge in [0.25, 0.3) is 0 Å². The summed E-state index contributed by atoms with van der Waals surface area (Å²) in [6, 6.07) is 5.91. The lowest BCUT2D eigenvalue weighted by atomic mass is 10.3. The van der Waals surface area contributed by atoms with Crippen LogP contribution in [0.2, 0.25) is 0 Å². The van der Waals surface area contributed by atoms with Crippen molar-refractivity contribution in [3.63, 3.8) is 0 Å². The van der Waals surface area contributed by atoms with Gasteiger partial charge in [0.1, 0.15) is 11.6 Å². The van der Waals surface area contributed by atoms with Crippen LogP contribution in [0.25, 0.3) is 11.0 Å². The van der Waals surface area contributed by atoms with Gasteiger partial charge in [0.2, 0.25) is 0 Å². The topological polar surface area (TPSA) is 39.5 Å². The zero-order valence-electron chi connectivity index (χ0n) is 11.7. The molecule has 1 aromatic heterocycles. The Hall–Kier alpha value is -1.46. The van der Waals surface area contributed by atoms with Crippen LogP contribution in [0.1, 0.15) is 18.1 Å². The molecule has 0 aliphatic carbocycles. The zero-order chi connectivity index (χ0) is 14.1. The summed E-state index contributed by atoms with van der Waals surface area (Å²) in [5.41, 5.74) is 1.95. The number of hydrogen-bond acceptors (Lipinski definition) is 4. The molecule has 1 atom stereocenters. The standard InChI is InChI=1S/C14H18ClN3O2/c1-10(15)14-16-12-9-11(19-2)3-4-13(12)18(14)17-5-7-20-8-6-17/h3-4,9-10H,5-8H2,1-2H3. The third-order valence-corrected chi connectivity index (χ3v) is 3.68. The molecule has 6 heteroatoms. The van der Waals surface area contributed by atoms with Gasteiger partial charge in [-0.25, -0.2) is 9.66 Å². The number of imidazole rings is 1. The first-order valence-corrected chi connectivity index (χ1v) is 7.18. The molecule has 3 rings (SSSR count). The normalized spacial score (nSPS) is 17.4. The summed E-state index contributed by atoms with van der Waals surface area (Å²) >= 11 is 6.30. The molecule has 2 aromatic rings. The Morgan fingerprint density at radius 3 is 2.75 bits per heavy atom. The van der Waals surface area contributed by atoms with E-state index < -0.39 is 0 Å². The average Bonchev–Trinajstić information content (AvgIpc) is 2.86. The van der Waals surface area contributed by atoms with Crippen molar-refractivity contribution in [3.05, 3.63) is 24.0 Å². The largest absolute Gasteiger partial charge is 0.497 e. The van der Waals surface area contributed by atoms with Gasteiger partial charge in [0, 0.05) is 6.07 Å². The minimum atomic E-state index is -0.156. The average molecular weight is 296 g/mol. The van der Waals surface area contributed by atoms with Crippen LogP contribution in [0.5, 0.6) is 5.75 Å². The number of methoxy groups -OCH3 is 1. The molecule has 1 unspecified atom stereocenters. The van der Waals surface area contributed by atoms with Crippen LogP contribution in [-0.4, -0.2) is 43.1 Å². The summed E-state index contributed by atoms with van der Waals surface area (Å²) in [6.45, 7) is 5.08. The van der Waals surface area contributed by atoms with E-state index in [4.69, 9.17) is 21.1 Å². The molecule has 0 amide bonds. The number of benzene rings is 1. The molecule has 20 heavy (non-hydrogen) atoms. The van der Waals surface area contributed by atoms with Crippen molar-refractivity contribution in [2.24, 2.45) is 0 Å². The number of morpholine rings is 1. The molecule has 1 fully saturated rings. The Kier molecular flexibility index (Phi) is 3.72. The summed E-state index contributed by atoms with van der Waals surface area (Å²) in [5.74, 6) is 1.66. The number of nitrogens with zero attached hydrogens (tertiary/aromatic N) is 3. The van der Waals surface area contributed by atoms with Crippen molar-refractivity contribution < 1.29 is 9.47 Å². The molecule has 0 spiro atoms. The summed E-state index contributed by atoms with van der Waals surface area (Å²) in [4.78, 5) is 4.66. The highest BCUT2D eigenvalue weighted by Gasteiger charge is 2.21. The molecule has 0 N–H and O–H groups in total. The first kappa shape index (κ1) is 13.5. The van der Waals surface area contributed by atoms with Crippen LogP contribution in [0.3, 0.4) is 0 Å². The lowest BCUT2D eigenvalue weighted by Gasteiger charge is -2.31. The van der Waals surface area contributed by atoms with Gasteiger partial charge in [-0.15, -0.1) is 11.6 Å². The second-order valence-corrected chi connectivity index (χ2v) is 5.47. The van der Waals surface area contributed by atoms with E-state index in [-0.39, 0.29) is 5.38 Å². The van der Waals surface area contributed by atoms with Crippen LogP contribution < -0.4 is 9.75 Å². The second-order valence-electron chi connectivity index (χ2n) is 4.82. The highest BCUT2D eigenvalue weighted by atomic mass is 35.5. The van der Waals surface area contributed by atoms with Gasteiger partial charge in [-0.05, 0) is 19.1 Å². The van der Waals surface area contributed by atoms with Gasteiger partial charge in [0.05, 0.1) is 49.8 Å². The first-order valence-electron chi connectivity index (χ1n) is 6.74. The van der Waals surface area contributed by atoms with Crippen LogP contribution in [-0.2, 0) is 4.74 Å². The van der Waals surface area contributed by atoms with E-state index in [9.17, 15) is 0 Å². The Bertz CT molecular complexity index is 606. The molecule has 1 saturated heterocycles. The molecule has 108 valence electrons. The number of halogens is 1. The Labute approximate surface area is 123 Å². The molecule has 0 bridgehead atoms. The molecular formula is C14H18ClN3O2. The monoisotopic (exact) mass is 295 g/mol. The van der Waals surface area contributed by atoms with E-state index in [1.807, 2.05) is 25.1 Å². The summed E-state index contributed by atoms with van der Waals surface area (Å²) < 4.78 is 12.8. The predicted molar refractivity (Wildman–Crippen MR) is 79.3 cm³/mol. The van der Waals surface area contributed by atoms with Gasteiger partial charge in [-0.3, -0.25) is 0 Å². The molecule has 5 nitrogen and oxygen atoms in total. The number of fused-ring (bicyclic) bond motifs is 1. The van der Waals surface area contributed by atoms with E-state index in [2.05, 4.69) is 14.7 Å². The van der Waals surface area contributed by atoms with Crippen molar-refractivity contribution in [3.8, 4) is 5.75 Å². The minimum absolute atomic E-state index is 0.156. The number of aromatic nitrogens is 2. The van der Waals surface area contributed by atoms with E-state index >= 15 is 0 Å². The Morgan fingerprint density at radius 2 is 2.10 bits per heavy atom. The number of ether oxygens (including phenoxy) is 2. The summed E-state index contributed by atoms with van der Waals surface area (Å²) in [5, 5.41) is 2.08. The molecule has 1 aliphatic heterocycles. The van der Waals surface area contributed by atoms with Crippen LogP contribution in [0.4, 0.5) is 0 Å². The maximum absolute atomic E-state index is 6.30. The predicted octanol–water partition coefficient (Wildman–Crippen LogP) is 2.31. The lowest BCUT2D eigenvalue weighted by Crippen LogP contribution is -2.44. The maximum Gasteiger partial charge on any atom is 0.146 e. The third-order valence-electron chi connectivity index (χ3n) is 3.49. The number of alkyl halides is 1. The highest BCUT2D eigenvalue weighted by molar-refractivity contribution is 6.20. The minimum Gasteiger partial charge on any atom is -0.497 e. The second kappa shape index (κ2) is 5.50. The zero-order valence-corrected chi connectivity index (χ0v) is 12.4. The first-order chi connectivity index (χ1) is 9.70. The van der Waals surface area contributed by atoms with E-state index in [0.29, 0.717) is 0 Å². The Morgan fingerprint density at radius 1 is 1.35 bits per heavy atom. The third kappa shape index (κ3) is 2.31. The van der Waals surface area contributed by atoms with Crippen molar-refractivity contribution in [2.45, 2.75) is 12.3 Å². The number of rotatable bonds is 3. The fourth-order valence-electron chi connectivity index (χ4n) is 2.50. The van der Waals surface area contributed by atoms with Gasteiger partial charge < -0.3 is 14.5 Å². The van der Waals surface area contributed by atoms with Crippen LogP contribution in [0.15, 0.2) is 18.2 Å². The van der Waals surface area contributed by atoms with Crippen LogP contribution >= 0.6 is 11.6 Å². The van der Waals surface area contributed by atoms with E-state index in [0.717, 1.165) is 48.9 Å².